The number of halogens is 5. The van der Waals surface area contributed by atoms with Gasteiger partial charge in [0.2, 0.25) is 0 Å². The molecular weight excluding hydrogens is 418 g/mol. The molecule has 0 aliphatic carbocycles. The molecule has 2 aromatic carbocycles. The van der Waals surface area contributed by atoms with Gasteiger partial charge < -0.3 is 4.74 Å². The summed E-state index contributed by atoms with van der Waals surface area (Å²) in [5.74, 6) is 0.554. The first kappa shape index (κ1) is 17.2. The number of hydrogen-bond donors (Lipinski definition) is 0. The number of hydrogen-bond acceptors (Lipinski definition) is 1. The molecule has 1 unspecified atom stereocenters. The molecule has 2 rings (SSSR count). The topological polar surface area (TPSA) is 9.23 Å². The van der Waals surface area contributed by atoms with Gasteiger partial charge >= 0.3 is 0 Å². The van der Waals surface area contributed by atoms with E-state index in [9.17, 15) is 0 Å². The Kier molecular flexibility index (Phi) is 6.10. The molecular formula is C15H11BrCl4O. The number of ether oxygens (including phenoxy) is 1. The summed E-state index contributed by atoms with van der Waals surface area (Å²) in [7, 11) is 0. The van der Waals surface area contributed by atoms with E-state index >= 15 is 0 Å². The SMILES string of the molecule is CCOc1cc(Cl)c(C(Br)c2c(Cl)cccc2Cl)cc1Cl. The Morgan fingerprint density at radius 1 is 1.00 bits per heavy atom. The van der Waals surface area contributed by atoms with E-state index in [-0.39, 0.29) is 4.83 Å². The summed E-state index contributed by atoms with van der Waals surface area (Å²) in [6.07, 6.45) is 0. The first-order chi connectivity index (χ1) is 9.95. The maximum absolute atomic E-state index is 6.33. The maximum atomic E-state index is 6.33. The monoisotopic (exact) mass is 426 g/mol. The van der Waals surface area contributed by atoms with Gasteiger partial charge in [-0.25, -0.2) is 0 Å². The lowest BCUT2D eigenvalue weighted by atomic mass is 10.0. The van der Waals surface area contributed by atoms with E-state index in [0.717, 1.165) is 11.1 Å². The van der Waals surface area contributed by atoms with Crippen molar-refractivity contribution in [1.29, 1.82) is 0 Å². The second kappa shape index (κ2) is 7.43. The summed E-state index contributed by atoms with van der Waals surface area (Å²) in [6.45, 7) is 2.40. The van der Waals surface area contributed by atoms with Crippen LogP contribution in [0.3, 0.4) is 0 Å². The molecule has 0 aromatic heterocycles. The summed E-state index contributed by atoms with van der Waals surface area (Å²) < 4.78 is 5.42. The van der Waals surface area contributed by atoms with Crippen molar-refractivity contribution in [3.05, 3.63) is 61.5 Å². The van der Waals surface area contributed by atoms with Crippen molar-refractivity contribution >= 4 is 62.3 Å². The Morgan fingerprint density at radius 3 is 2.19 bits per heavy atom. The average molecular weight is 429 g/mol. The molecule has 0 aliphatic heterocycles. The van der Waals surface area contributed by atoms with Gasteiger partial charge in [-0.15, -0.1) is 0 Å². The molecule has 21 heavy (non-hydrogen) atoms. The fraction of sp³-hybridized carbons (Fsp3) is 0.200. The molecule has 1 atom stereocenters. The van der Waals surface area contributed by atoms with Crippen molar-refractivity contribution in [2.24, 2.45) is 0 Å². The van der Waals surface area contributed by atoms with Gasteiger partial charge in [-0.3, -0.25) is 0 Å². The predicted octanol–water partition coefficient (Wildman–Crippen LogP) is 7.18. The molecule has 0 radical (unpaired) electrons. The van der Waals surface area contributed by atoms with Crippen LogP contribution in [0.25, 0.3) is 0 Å². The third kappa shape index (κ3) is 3.80. The Bertz CT molecular complexity index is 640. The van der Waals surface area contributed by atoms with Crippen LogP contribution in [-0.4, -0.2) is 6.61 Å². The van der Waals surface area contributed by atoms with E-state index in [2.05, 4.69) is 15.9 Å². The second-order valence-electron chi connectivity index (χ2n) is 4.24. The summed E-state index contributed by atoms with van der Waals surface area (Å²) in [4.78, 5) is -0.264. The molecule has 0 saturated carbocycles. The van der Waals surface area contributed by atoms with Gasteiger partial charge in [-0.2, -0.15) is 0 Å². The zero-order valence-corrected chi connectivity index (χ0v) is 15.6. The molecule has 0 heterocycles. The van der Waals surface area contributed by atoms with Crippen molar-refractivity contribution in [3.63, 3.8) is 0 Å². The Balaban J connectivity index is 2.49. The summed E-state index contributed by atoms with van der Waals surface area (Å²) in [5, 5.41) is 2.14. The third-order valence-electron chi connectivity index (χ3n) is 2.88. The van der Waals surface area contributed by atoms with Gasteiger partial charge in [-0.1, -0.05) is 68.4 Å². The van der Waals surface area contributed by atoms with Crippen molar-refractivity contribution in [1.82, 2.24) is 0 Å². The van der Waals surface area contributed by atoms with Crippen LogP contribution in [0.1, 0.15) is 22.9 Å². The van der Waals surface area contributed by atoms with Crippen LogP contribution < -0.4 is 4.74 Å². The molecule has 0 aliphatic rings. The van der Waals surface area contributed by atoms with Crippen LogP contribution in [0, 0.1) is 0 Å². The highest BCUT2D eigenvalue weighted by Gasteiger charge is 2.21. The van der Waals surface area contributed by atoms with Crippen molar-refractivity contribution < 1.29 is 4.74 Å². The first-order valence-corrected chi connectivity index (χ1v) is 8.58. The van der Waals surface area contributed by atoms with Crippen LogP contribution in [0.4, 0.5) is 0 Å². The predicted molar refractivity (Wildman–Crippen MR) is 94.9 cm³/mol. The molecule has 6 heteroatoms. The minimum Gasteiger partial charge on any atom is -0.492 e. The van der Waals surface area contributed by atoms with Gasteiger partial charge in [-0.05, 0) is 30.7 Å². The zero-order valence-electron chi connectivity index (χ0n) is 11.0. The zero-order chi connectivity index (χ0) is 15.6. The molecule has 112 valence electrons. The smallest absolute Gasteiger partial charge is 0.139 e. The van der Waals surface area contributed by atoms with E-state index < -0.39 is 0 Å². The minimum absolute atomic E-state index is 0.264. The Hall–Kier alpha value is -0.120. The van der Waals surface area contributed by atoms with Gasteiger partial charge in [0.25, 0.3) is 0 Å². The van der Waals surface area contributed by atoms with E-state index in [1.165, 1.54) is 0 Å². The highest BCUT2D eigenvalue weighted by atomic mass is 79.9. The lowest BCUT2D eigenvalue weighted by Gasteiger charge is -2.17. The Morgan fingerprint density at radius 2 is 1.62 bits per heavy atom. The van der Waals surface area contributed by atoms with E-state index in [1.54, 1.807) is 30.3 Å². The molecule has 2 aromatic rings. The van der Waals surface area contributed by atoms with Crippen LogP contribution in [0.2, 0.25) is 20.1 Å². The highest BCUT2D eigenvalue weighted by molar-refractivity contribution is 9.09. The Labute approximate surface area is 152 Å². The van der Waals surface area contributed by atoms with Crippen molar-refractivity contribution in [2.75, 3.05) is 6.61 Å². The first-order valence-electron chi connectivity index (χ1n) is 6.15. The van der Waals surface area contributed by atoms with Gasteiger partial charge in [0.15, 0.2) is 0 Å². The van der Waals surface area contributed by atoms with E-state index in [4.69, 9.17) is 51.1 Å². The van der Waals surface area contributed by atoms with Gasteiger partial charge in [0, 0.05) is 26.7 Å². The maximum Gasteiger partial charge on any atom is 0.139 e. The molecule has 0 spiro atoms. The van der Waals surface area contributed by atoms with E-state index in [0.29, 0.717) is 32.4 Å². The average Bonchev–Trinajstić information content (AvgIpc) is 2.42. The lowest BCUT2D eigenvalue weighted by Crippen LogP contribution is -1.99. The summed E-state index contributed by atoms with van der Waals surface area (Å²) >= 11 is 28.6. The minimum atomic E-state index is -0.264. The normalized spacial score (nSPS) is 12.3. The third-order valence-corrected chi connectivity index (χ3v) is 5.11. The largest absolute Gasteiger partial charge is 0.492 e. The second-order valence-corrected chi connectivity index (χ2v) is 6.78. The summed E-state index contributed by atoms with van der Waals surface area (Å²) in [6, 6.07) is 8.80. The van der Waals surface area contributed by atoms with E-state index in [1.807, 2.05) is 6.92 Å². The van der Waals surface area contributed by atoms with Gasteiger partial charge in [0.05, 0.1) is 16.5 Å². The number of benzene rings is 2. The number of rotatable bonds is 4. The van der Waals surface area contributed by atoms with Crippen LogP contribution >= 0.6 is 62.3 Å². The van der Waals surface area contributed by atoms with Crippen LogP contribution in [0.15, 0.2) is 30.3 Å². The highest BCUT2D eigenvalue weighted by Crippen LogP contribution is 2.44. The van der Waals surface area contributed by atoms with Crippen molar-refractivity contribution in [2.45, 2.75) is 11.8 Å². The standard InChI is InChI=1S/C15H11BrCl4O/c1-2-21-13-7-11(19)8(6-12(13)20)15(16)14-9(17)4-3-5-10(14)18/h3-7,15H,2H2,1H3. The molecule has 1 nitrogen and oxygen atoms in total. The molecule has 0 saturated heterocycles. The van der Waals surface area contributed by atoms with Gasteiger partial charge in [0.1, 0.15) is 5.75 Å². The fourth-order valence-corrected chi connectivity index (χ4v) is 4.29. The van der Waals surface area contributed by atoms with Crippen LogP contribution in [0.5, 0.6) is 5.75 Å². The summed E-state index contributed by atoms with van der Waals surface area (Å²) in [5.41, 5.74) is 1.53. The molecule has 0 amide bonds. The molecule has 0 bridgehead atoms. The lowest BCUT2D eigenvalue weighted by molar-refractivity contribution is 0.340. The molecule has 0 fully saturated rings. The fourth-order valence-electron chi connectivity index (χ4n) is 1.91. The quantitative estimate of drug-likeness (QED) is 0.468. The number of alkyl halides is 1. The molecule has 0 N–H and O–H groups in total. The van der Waals surface area contributed by atoms with Crippen molar-refractivity contribution in [3.8, 4) is 5.75 Å². The van der Waals surface area contributed by atoms with Crippen LogP contribution in [-0.2, 0) is 0 Å².